The number of rotatable bonds is 7. The van der Waals surface area contributed by atoms with Gasteiger partial charge in [-0.05, 0) is 12.1 Å². The molecule has 0 aliphatic carbocycles. The third-order valence-corrected chi connectivity index (χ3v) is 5.63. The molecule has 1 N–H and O–H groups in total. The number of sulfonamides is 1. The molecule has 0 aromatic carbocycles. The molecule has 17 heavy (non-hydrogen) atoms. The molecule has 1 rings (SSSR count). The molecule has 1 aromatic rings. The SMILES string of the molecule is COCCN(CCO)S(=O)(=O)c1ccc(Cl)s1. The van der Waals surface area contributed by atoms with Crippen LogP contribution in [0.1, 0.15) is 0 Å². The molecular formula is C9H14ClNO4S2. The van der Waals surface area contributed by atoms with Gasteiger partial charge in [-0.2, -0.15) is 4.31 Å². The Bertz CT molecular complexity index is 446. The molecule has 0 spiro atoms. The van der Waals surface area contributed by atoms with Crippen molar-refractivity contribution in [2.45, 2.75) is 4.21 Å². The van der Waals surface area contributed by atoms with E-state index in [0.29, 0.717) is 4.34 Å². The number of hydrogen-bond acceptors (Lipinski definition) is 5. The molecule has 98 valence electrons. The van der Waals surface area contributed by atoms with Crippen molar-refractivity contribution in [3.05, 3.63) is 16.5 Å². The van der Waals surface area contributed by atoms with Crippen molar-refractivity contribution >= 4 is 33.0 Å². The van der Waals surface area contributed by atoms with Gasteiger partial charge in [-0.25, -0.2) is 8.42 Å². The standard InChI is InChI=1S/C9H14ClNO4S2/c1-15-7-5-11(4-6-12)17(13,14)9-3-2-8(10)16-9/h2-3,12H,4-7H2,1H3. The smallest absolute Gasteiger partial charge is 0.252 e. The minimum absolute atomic E-state index is 0.0429. The molecule has 0 aliphatic heterocycles. The Hall–Kier alpha value is -0.180. The van der Waals surface area contributed by atoms with Crippen LogP contribution < -0.4 is 0 Å². The highest BCUT2D eigenvalue weighted by molar-refractivity contribution is 7.91. The average molecular weight is 300 g/mol. The van der Waals surface area contributed by atoms with E-state index in [-0.39, 0.29) is 30.5 Å². The molecule has 1 heterocycles. The van der Waals surface area contributed by atoms with Crippen LogP contribution >= 0.6 is 22.9 Å². The first-order chi connectivity index (χ1) is 8.02. The summed E-state index contributed by atoms with van der Waals surface area (Å²) >= 11 is 6.71. The molecule has 1 aromatic heterocycles. The lowest BCUT2D eigenvalue weighted by molar-refractivity contribution is 0.169. The Morgan fingerprint density at radius 1 is 1.47 bits per heavy atom. The van der Waals surface area contributed by atoms with E-state index in [1.165, 1.54) is 23.5 Å². The van der Waals surface area contributed by atoms with Gasteiger partial charge in [0.15, 0.2) is 0 Å². The summed E-state index contributed by atoms with van der Waals surface area (Å²) in [6.45, 7) is 0.288. The van der Waals surface area contributed by atoms with Crippen LogP contribution in [0.15, 0.2) is 16.3 Å². The Labute approximate surface area is 110 Å². The summed E-state index contributed by atoms with van der Waals surface area (Å²) in [4.78, 5) is 0. The molecule has 0 radical (unpaired) electrons. The highest BCUT2D eigenvalue weighted by atomic mass is 35.5. The lowest BCUT2D eigenvalue weighted by Gasteiger charge is -2.19. The fourth-order valence-corrected chi connectivity index (χ4v) is 4.27. The molecule has 0 aliphatic rings. The molecule has 0 unspecified atom stereocenters. The number of aliphatic hydroxyl groups excluding tert-OH is 1. The van der Waals surface area contributed by atoms with Gasteiger partial charge in [-0.15, -0.1) is 11.3 Å². The van der Waals surface area contributed by atoms with Crippen molar-refractivity contribution in [2.24, 2.45) is 0 Å². The van der Waals surface area contributed by atoms with E-state index in [1.807, 2.05) is 0 Å². The summed E-state index contributed by atoms with van der Waals surface area (Å²) in [5, 5.41) is 8.88. The van der Waals surface area contributed by atoms with Crippen LogP contribution in [0.25, 0.3) is 0 Å². The van der Waals surface area contributed by atoms with E-state index in [0.717, 1.165) is 11.3 Å². The molecule has 8 heteroatoms. The maximum absolute atomic E-state index is 12.2. The number of ether oxygens (including phenoxy) is 1. The second-order valence-corrected chi connectivity index (χ2v) is 7.06. The van der Waals surface area contributed by atoms with Gasteiger partial charge in [0, 0.05) is 20.2 Å². The van der Waals surface area contributed by atoms with Gasteiger partial charge < -0.3 is 9.84 Å². The number of halogens is 1. The van der Waals surface area contributed by atoms with E-state index in [1.54, 1.807) is 0 Å². The lowest BCUT2D eigenvalue weighted by Crippen LogP contribution is -2.35. The van der Waals surface area contributed by atoms with Gasteiger partial charge in [-0.3, -0.25) is 0 Å². The van der Waals surface area contributed by atoms with Crippen LogP contribution in [0, 0.1) is 0 Å². The number of methoxy groups -OCH3 is 1. The normalized spacial score (nSPS) is 12.2. The Balaban J connectivity index is 2.91. The summed E-state index contributed by atoms with van der Waals surface area (Å²) in [5.74, 6) is 0. The van der Waals surface area contributed by atoms with Crippen molar-refractivity contribution in [2.75, 3.05) is 33.4 Å². The Kier molecular flexibility index (Phi) is 5.84. The summed E-state index contributed by atoms with van der Waals surface area (Å²) in [5.41, 5.74) is 0. The topological polar surface area (TPSA) is 66.8 Å². The highest BCUT2D eigenvalue weighted by Gasteiger charge is 2.25. The van der Waals surface area contributed by atoms with Crippen molar-refractivity contribution < 1.29 is 18.3 Å². The third kappa shape index (κ3) is 3.90. The van der Waals surface area contributed by atoms with Crippen molar-refractivity contribution in [1.29, 1.82) is 0 Å². The summed E-state index contributed by atoms with van der Waals surface area (Å²) in [6, 6.07) is 2.99. The van der Waals surface area contributed by atoms with Crippen molar-refractivity contribution in [3.8, 4) is 0 Å². The summed E-state index contributed by atoms with van der Waals surface area (Å²) in [6.07, 6.45) is 0. The van der Waals surface area contributed by atoms with E-state index in [4.69, 9.17) is 21.4 Å². The molecule has 0 fully saturated rings. The lowest BCUT2D eigenvalue weighted by atomic mass is 10.6. The first kappa shape index (κ1) is 14.9. The fourth-order valence-electron chi connectivity index (χ4n) is 1.22. The molecular weight excluding hydrogens is 286 g/mol. The highest BCUT2D eigenvalue weighted by Crippen LogP contribution is 2.27. The predicted octanol–water partition coefficient (Wildman–Crippen LogP) is 1.03. The molecule has 0 atom stereocenters. The first-order valence-corrected chi connectivity index (χ1v) is 7.51. The number of hydrogen-bond donors (Lipinski definition) is 1. The second kappa shape index (κ2) is 6.67. The first-order valence-electron chi connectivity index (χ1n) is 4.87. The van der Waals surface area contributed by atoms with Gasteiger partial charge in [-0.1, -0.05) is 11.6 Å². The van der Waals surface area contributed by atoms with E-state index < -0.39 is 10.0 Å². The van der Waals surface area contributed by atoms with Crippen LogP contribution in [0.4, 0.5) is 0 Å². The molecule has 0 saturated heterocycles. The predicted molar refractivity (Wildman–Crippen MR) is 67.0 cm³/mol. The Morgan fingerprint density at radius 3 is 2.65 bits per heavy atom. The largest absolute Gasteiger partial charge is 0.395 e. The molecule has 5 nitrogen and oxygen atoms in total. The molecule has 0 amide bonds. The molecule has 0 bridgehead atoms. The number of nitrogens with zero attached hydrogens (tertiary/aromatic N) is 1. The van der Waals surface area contributed by atoms with E-state index in [2.05, 4.69) is 0 Å². The van der Waals surface area contributed by atoms with Crippen LogP contribution in [0.2, 0.25) is 4.34 Å². The van der Waals surface area contributed by atoms with Crippen LogP contribution in [0.3, 0.4) is 0 Å². The second-order valence-electron chi connectivity index (χ2n) is 3.18. The van der Waals surface area contributed by atoms with Gasteiger partial charge in [0.05, 0.1) is 17.6 Å². The monoisotopic (exact) mass is 299 g/mol. The number of thiophene rings is 1. The van der Waals surface area contributed by atoms with E-state index >= 15 is 0 Å². The quantitative estimate of drug-likeness (QED) is 0.817. The van der Waals surface area contributed by atoms with Gasteiger partial charge in [0.1, 0.15) is 4.21 Å². The van der Waals surface area contributed by atoms with Gasteiger partial charge >= 0.3 is 0 Å². The van der Waals surface area contributed by atoms with Crippen LogP contribution in [-0.4, -0.2) is 51.2 Å². The van der Waals surface area contributed by atoms with E-state index in [9.17, 15) is 8.42 Å². The number of aliphatic hydroxyl groups is 1. The average Bonchev–Trinajstić information content (AvgIpc) is 2.71. The minimum atomic E-state index is -3.59. The van der Waals surface area contributed by atoms with Crippen LogP contribution in [-0.2, 0) is 14.8 Å². The van der Waals surface area contributed by atoms with Gasteiger partial charge in [0.25, 0.3) is 10.0 Å². The van der Waals surface area contributed by atoms with Crippen LogP contribution in [0.5, 0.6) is 0 Å². The maximum atomic E-state index is 12.2. The summed E-state index contributed by atoms with van der Waals surface area (Å²) < 4.78 is 30.9. The third-order valence-electron chi connectivity index (χ3n) is 2.04. The fraction of sp³-hybridized carbons (Fsp3) is 0.556. The zero-order valence-corrected chi connectivity index (χ0v) is 11.7. The molecule has 0 saturated carbocycles. The minimum Gasteiger partial charge on any atom is -0.395 e. The van der Waals surface area contributed by atoms with Crippen molar-refractivity contribution in [1.82, 2.24) is 4.31 Å². The summed E-state index contributed by atoms with van der Waals surface area (Å²) in [7, 11) is -2.10. The maximum Gasteiger partial charge on any atom is 0.252 e. The zero-order valence-electron chi connectivity index (χ0n) is 9.30. The van der Waals surface area contributed by atoms with Crippen molar-refractivity contribution in [3.63, 3.8) is 0 Å². The van der Waals surface area contributed by atoms with Gasteiger partial charge in [0.2, 0.25) is 0 Å². The Morgan fingerprint density at radius 2 is 2.18 bits per heavy atom. The zero-order chi connectivity index (χ0) is 12.9.